The number of carbonyl (C=O) groups excluding carboxylic acids is 1. The molecule has 3 heterocycles. The van der Waals surface area contributed by atoms with Gasteiger partial charge in [0, 0.05) is 42.6 Å². The Labute approximate surface area is 195 Å². The van der Waals surface area contributed by atoms with Crippen LogP contribution >= 0.6 is 22.6 Å². The van der Waals surface area contributed by atoms with Crippen molar-refractivity contribution in [2.45, 2.75) is 0 Å². The van der Waals surface area contributed by atoms with Crippen molar-refractivity contribution in [1.82, 2.24) is 15.0 Å². The van der Waals surface area contributed by atoms with Gasteiger partial charge in [0.2, 0.25) is 5.88 Å². The predicted octanol–water partition coefficient (Wildman–Crippen LogP) is 4.83. The third-order valence-electron chi connectivity index (χ3n) is 4.48. The second-order valence-corrected chi connectivity index (χ2v) is 7.62. The van der Waals surface area contributed by atoms with Gasteiger partial charge < -0.3 is 19.5 Å². The number of nitrogens with one attached hydrogen (secondary N) is 1. The average Bonchev–Trinajstić information content (AvgIpc) is 2.81. The molecule has 162 valence electrons. The van der Waals surface area contributed by atoms with E-state index in [1.165, 1.54) is 32.7 Å². The Bertz CT molecular complexity index is 1300. The first-order chi connectivity index (χ1) is 15.5. The molecule has 1 N–H and O–H groups in total. The molecule has 8 nitrogen and oxygen atoms in total. The van der Waals surface area contributed by atoms with Crippen molar-refractivity contribution in [3.05, 3.63) is 70.1 Å². The Kier molecular flexibility index (Phi) is 6.30. The second kappa shape index (κ2) is 9.30. The number of benzene rings is 1. The fourth-order valence-electron chi connectivity index (χ4n) is 2.97. The molecule has 3 aromatic heterocycles. The van der Waals surface area contributed by atoms with Gasteiger partial charge in [0.15, 0.2) is 11.6 Å². The maximum atomic E-state index is 14.9. The molecule has 1 amide bonds. The number of fused-ring (bicyclic) bond motifs is 1. The number of aromatic nitrogens is 3. The summed E-state index contributed by atoms with van der Waals surface area (Å²) in [6, 6.07) is 7.64. The number of anilines is 1. The lowest BCUT2D eigenvalue weighted by molar-refractivity contribution is 0.102. The predicted molar refractivity (Wildman–Crippen MR) is 124 cm³/mol. The monoisotopic (exact) mass is 546 g/mol. The smallest absolute Gasteiger partial charge is 0.261 e. The van der Waals surface area contributed by atoms with E-state index in [-0.39, 0.29) is 17.0 Å². The Morgan fingerprint density at radius 2 is 1.84 bits per heavy atom. The number of halogens is 2. The van der Waals surface area contributed by atoms with Crippen LogP contribution in [-0.4, -0.2) is 35.1 Å². The van der Waals surface area contributed by atoms with Crippen LogP contribution in [0, 0.1) is 9.39 Å². The van der Waals surface area contributed by atoms with E-state index in [0.29, 0.717) is 31.9 Å². The van der Waals surface area contributed by atoms with E-state index in [1.807, 2.05) is 22.6 Å². The van der Waals surface area contributed by atoms with E-state index in [4.69, 9.17) is 14.2 Å². The van der Waals surface area contributed by atoms with Crippen LogP contribution in [-0.2, 0) is 0 Å². The maximum Gasteiger partial charge on any atom is 0.261 e. The van der Waals surface area contributed by atoms with Crippen LogP contribution in [0.5, 0.6) is 23.1 Å². The molecule has 0 fully saturated rings. The molecule has 0 unspecified atom stereocenters. The minimum atomic E-state index is -0.642. The minimum Gasteiger partial charge on any atom is -0.496 e. The molecule has 0 saturated heterocycles. The van der Waals surface area contributed by atoms with Crippen molar-refractivity contribution in [3.8, 4) is 23.1 Å². The van der Waals surface area contributed by atoms with Crippen molar-refractivity contribution < 1.29 is 23.4 Å². The molecule has 0 atom stereocenters. The van der Waals surface area contributed by atoms with Crippen molar-refractivity contribution >= 4 is 45.1 Å². The van der Waals surface area contributed by atoms with Crippen LogP contribution in [0.15, 0.2) is 55.1 Å². The van der Waals surface area contributed by atoms with E-state index >= 15 is 0 Å². The van der Waals surface area contributed by atoms with E-state index in [1.54, 1.807) is 36.7 Å². The zero-order chi connectivity index (χ0) is 22.7. The molecule has 0 aliphatic carbocycles. The van der Waals surface area contributed by atoms with Crippen LogP contribution in [0.3, 0.4) is 0 Å². The first-order valence-electron chi connectivity index (χ1n) is 9.25. The second-order valence-electron chi connectivity index (χ2n) is 6.45. The van der Waals surface area contributed by atoms with Crippen LogP contribution < -0.4 is 19.5 Å². The number of methoxy groups -OCH3 is 2. The average molecular weight is 546 g/mol. The molecule has 0 spiro atoms. The van der Waals surface area contributed by atoms with E-state index in [0.717, 1.165) is 0 Å². The number of hydrogen-bond donors (Lipinski definition) is 1. The number of rotatable bonds is 6. The van der Waals surface area contributed by atoms with Gasteiger partial charge in [0.1, 0.15) is 11.5 Å². The first kappa shape index (κ1) is 21.7. The van der Waals surface area contributed by atoms with Crippen LogP contribution in [0.25, 0.3) is 10.9 Å². The molecule has 0 aliphatic heterocycles. The summed E-state index contributed by atoms with van der Waals surface area (Å²) in [6.45, 7) is 0. The van der Waals surface area contributed by atoms with Gasteiger partial charge in [-0.25, -0.2) is 9.37 Å². The fraction of sp³-hybridized carbons (Fsp3) is 0.0909. The van der Waals surface area contributed by atoms with Crippen molar-refractivity contribution in [2.75, 3.05) is 19.5 Å². The molecule has 0 radical (unpaired) electrons. The molecule has 4 rings (SSSR count). The number of pyridine rings is 3. The zero-order valence-corrected chi connectivity index (χ0v) is 19.1. The lowest BCUT2D eigenvalue weighted by Gasteiger charge is -2.13. The van der Waals surface area contributed by atoms with Crippen LogP contribution in [0.4, 0.5) is 10.1 Å². The summed E-state index contributed by atoms with van der Waals surface area (Å²) in [5.74, 6) is 0.0659. The molecule has 10 heteroatoms. The fourth-order valence-corrected chi connectivity index (χ4v) is 3.67. The summed E-state index contributed by atoms with van der Waals surface area (Å²) in [6.07, 6.45) is 6.00. The Hall–Kier alpha value is -3.54. The molecular formula is C22H16FIN4O4. The highest BCUT2D eigenvalue weighted by Crippen LogP contribution is 2.35. The molecular weight excluding hydrogens is 530 g/mol. The highest BCUT2D eigenvalue weighted by molar-refractivity contribution is 14.1. The maximum absolute atomic E-state index is 14.9. The van der Waals surface area contributed by atoms with Crippen molar-refractivity contribution in [3.63, 3.8) is 0 Å². The number of hydrogen-bond acceptors (Lipinski definition) is 7. The summed E-state index contributed by atoms with van der Waals surface area (Å²) < 4.78 is 31.5. The molecule has 32 heavy (non-hydrogen) atoms. The van der Waals surface area contributed by atoms with Gasteiger partial charge in [-0.1, -0.05) is 0 Å². The van der Waals surface area contributed by atoms with Crippen LogP contribution in [0.2, 0.25) is 0 Å². The molecule has 0 aliphatic rings. The lowest BCUT2D eigenvalue weighted by Crippen LogP contribution is -2.14. The highest BCUT2D eigenvalue weighted by Gasteiger charge is 2.17. The Balaban J connectivity index is 1.61. The largest absolute Gasteiger partial charge is 0.496 e. The van der Waals surface area contributed by atoms with E-state index in [9.17, 15) is 9.18 Å². The summed E-state index contributed by atoms with van der Waals surface area (Å²) in [5.41, 5.74) is 1.09. The SMILES string of the molecule is COc1cc2nccc(Oc3c(F)cc(NC(=O)c4cnccc4OC)cc3I)c2cn1. The third kappa shape index (κ3) is 4.40. The van der Waals surface area contributed by atoms with Crippen LogP contribution in [0.1, 0.15) is 10.4 Å². The quantitative estimate of drug-likeness (QED) is 0.346. The summed E-state index contributed by atoms with van der Waals surface area (Å²) in [4.78, 5) is 24.9. The lowest BCUT2D eigenvalue weighted by atomic mass is 10.2. The van der Waals surface area contributed by atoms with Gasteiger partial charge in [-0.3, -0.25) is 14.8 Å². The van der Waals surface area contributed by atoms with E-state index < -0.39 is 11.7 Å². The number of amides is 1. The number of ether oxygens (including phenoxy) is 3. The molecule has 0 bridgehead atoms. The third-order valence-corrected chi connectivity index (χ3v) is 5.29. The first-order valence-corrected chi connectivity index (χ1v) is 10.3. The number of carbonyl (C=O) groups is 1. The molecule has 0 saturated carbocycles. The summed E-state index contributed by atoms with van der Waals surface area (Å²) in [5, 5.41) is 3.26. The Morgan fingerprint density at radius 3 is 2.59 bits per heavy atom. The van der Waals surface area contributed by atoms with E-state index in [2.05, 4.69) is 20.3 Å². The van der Waals surface area contributed by atoms with Gasteiger partial charge in [-0.05, 0) is 40.8 Å². The number of nitrogens with zero attached hydrogens (tertiary/aromatic N) is 3. The van der Waals surface area contributed by atoms with Crippen molar-refractivity contribution in [1.29, 1.82) is 0 Å². The highest BCUT2D eigenvalue weighted by atomic mass is 127. The minimum absolute atomic E-state index is 0.0193. The molecule has 1 aromatic carbocycles. The summed E-state index contributed by atoms with van der Waals surface area (Å²) >= 11 is 1.94. The van der Waals surface area contributed by atoms with Gasteiger partial charge >= 0.3 is 0 Å². The Morgan fingerprint density at radius 1 is 1.03 bits per heavy atom. The molecule has 4 aromatic rings. The van der Waals surface area contributed by atoms with Gasteiger partial charge in [0.05, 0.1) is 34.3 Å². The normalized spacial score (nSPS) is 10.6. The topological polar surface area (TPSA) is 95.5 Å². The van der Waals surface area contributed by atoms with Gasteiger partial charge in [0.25, 0.3) is 5.91 Å². The van der Waals surface area contributed by atoms with Gasteiger partial charge in [-0.2, -0.15) is 0 Å². The zero-order valence-electron chi connectivity index (χ0n) is 16.9. The van der Waals surface area contributed by atoms with Crippen molar-refractivity contribution in [2.24, 2.45) is 0 Å². The van der Waals surface area contributed by atoms with Gasteiger partial charge in [-0.15, -0.1) is 0 Å². The standard InChI is InChI=1S/C22H16FIN4O4/c1-30-18-3-5-25-10-14(18)22(29)28-12-7-15(23)21(16(24)8-12)32-19-4-6-26-17-9-20(31-2)27-11-13(17)19/h3-11H,1-2H3,(H,28,29). The summed E-state index contributed by atoms with van der Waals surface area (Å²) in [7, 11) is 2.96.